The van der Waals surface area contributed by atoms with Crippen LogP contribution in [0.5, 0.6) is 0 Å². The minimum atomic E-state index is -0.524. The van der Waals surface area contributed by atoms with Gasteiger partial charge < -0.3 is 15.6 Å². The van der Waals surface area contributed by atoms with Gasteiger partial charge in [0.1, 0.15) is 0 Å². The van der Waals surface area contributed by atoms with E-state index in [1.165, 1.54) is 7.11 Å². The molecule has 3 N–H and O–H groups in total. The van der Waals surface area contributed by atoms with Gasteiger partial charge in [0.05, 0.1) is 24.8 Å². The van der Waals surface area contributed by atoms with Gasteiger partial charge in [-0.05, 0) is 24.5 Å². The van der Waals surface area contributed by atoms with Crippen molar-refractivity contribution in [2.24, 2.45) is 5.92 Å². The second-order valence-corrected chi connectivity index (χ2v) is 4.48. The van der Waals surface area contributed by atoms with Crippen molar-refractivity contribution >= 4 is 11.9 Å². The molecule has 5 heteroatoms. The van der Waals surface area contributed by atoms with Crippen molar-refractivity contribution in [2.75, 3.05) is 13.7 Å². The summed E-state index contributed by atoms with van der Waals surface area (Å²) < 4.78 is 9.82. The zero-order valence-electron chi connectivity index (χ0n) is 11.9. The molecule has 0 aliphatic carbocycles. The topological polar surface area (TPSA) is 87.6 Å². The molecule has 1 rings (SSSR count). The minimum absolute atomic E-state index is 0. The number of carbonyl (C=O) groups is 2. The van der Waals surface area contributed by atoms with E-state index < -0.39 is 11.9 Å². The van der Waals surface area contributed by atoms with Crippen molar-refractivity contribution in [3.05, 3.63) is 34.9 Å². The van der Waals surface area contributed by atoms with Crippen LogP contribution in [0.25, 0.3) is 0 Å². The fraction of sp³-hybridized carbons (Fsp3) is 0.429. The summed E-state index contributed by atoms with van der Waals surface area (Å²) in [6, 6.07) is 5.04. The van der Waals surface area contributed by atoms with Crippen LogP contribution in [0.2, 0.25) is 0 Å². The molecule has 0 aromatic heterocycles. The molecule has 0 aliphatic heterocycles. The van der Waals surface area contributed by atoms with Gasteiger partial charge >= 0.3 is 11.9 Å². The number of hydrogen-bond donors (Lipinski definition) is 1. The zero-order valence-corrected chi connectivity index (χ0v) is 11.9. The summed E-state index contributed by atoms with van der Waals surface area (Å²) in [7, 11) is 1.29. The third-order valence-electron chi connectivity index (χ3n) is 2.43. The molecule has 106 valence electrons. The van der Waals surface area contributed by atoms with Gasteiger partial charge in [0, 0.05) is 0 Å². The number of rotatable bonds is 4. The van der Waals surface area contributed by atoms with Gasteiger partial charge in [-0.1, -0.05) is 26.0 Å². The van der Waals surface area contributed by atoms with Gasteiger partial charge in [-0.15, -0.1) is 0 Å². The molecule has 1 aromatic rings. The van der Waals surface area contributed by atoms with Crippen LogP contribution in [0.1, 0.15) is 40.1 Å². The Morgan fingerprint density at radius 1 is 1.21 bits per heavy atom. The molecule has 0 aliphatic rings. The first-order valence-electron chi connectivity index (χ1n) is 5.82. The largest absolute Gasteiger partial charge is 0.465 e. The average molecular weight is 267 g/mol. The highest BCUT2D eigenvalue weighted by molar-refractivity contribution is 6.04. The van der Waals surface area contributed by atoms with Crippen LogP contribution in [0.3, 0.4) is 0 Å². The monoisotopic (exact) mass is 267 g/mol. The van der Waals surface area contributed by atoms with Crippen molar-refractivity contribution in [2.45, 2.75) is 20.8 Å². The molecule has 0 fully saturated rings. The summed E-state index contributed by atoms with van der Waals surface area (Å²) in [4.78, 5) is 23.6. The number of carbonyl (C=O) groups excluding carboxylic acids is 2. The number of benzene rings is 1. The third kappa shape index (κ3) is 4.37. The Kier molecular flexibility index (Phi) is 6.79. The van der Waals surface area contributed by atoms with Gasteiger partial charge in [-0.25, -0.2) is 9.59 Å². The average Bonchev–Trinajstić information content (AvgIpc) is 2.34. The molecule has 0 saturated carbocycles. The zero-order chi connectivity index (χ0) is 13.7. The molecule has 0 spiro atoms. The summed E-state index contributed by atoms with van der Waals surface area (Å²) >= 11 is 0. The fourth-order valence-corrected chi connectivity index (χ4v) is 1.53. The first kappa shape index (κ1) is 17.1. The minimum Gasteiger partial charge on any atom is -0.465 e. The van der Waals surface area contributed by atoms with Crippen molar-refractivity contribution in [1.29, 1.82) is 0 Å². The van der Waals surface area contributed by atoms with Crippen LogP contribution in [0.4, 0.5) is 0 Å². The maximum Gasteiger partial charge on any atom is 0.339 e. The molecule has 19 heavy (non-hydrogen) atoms. The van der Waals surface area contributed by atoms with E-state index in [9.17, 15) is 9.59 Å². The van der Waals surface area contributed by atoms with Crippen LogP contribution in [-0.4, -0.2) is 25.7 Å². The fourth-order valence-electron chi connectivity index (χ4n) is 1.53. The van der Waals surface area contributed by atoms with Crippen LogP contribution < -0.4 is 6.15 Å². The molecule has 0 bridgehead atoms. The molecule has 0 heterocycles. The lowest BCUT2D eigenvalue weighted by molar-refractivity contribution is 0.0445. The van der Waals surface area contributed by atoms with E-state index in [-0.39, 0.29) is 23.2 Å². The van der Waals surface area contributed by atoms with Gasteiger partial charge in [0.2, 0.25) is 0 Å². The lowest BCUT2D eigenvalue weighted by atomic mass is 10.0. The number of esters is 2. The molecule has 5 nitrogen and oxygen atoms in total. The molecular formula is C14H21NO4. The van der Waals surface area contributed by atoms with Crippen LogP contribution in [0, 0.1) is 12.8 Å². The number of ether oxygens (including phenoxy) is 2. The standard InChI is InChI=1S/C14H18O4.H3N/c1-9(2)8-18-13(15)11-7-5-6-10(3)12(11)14(16)17-4;/h5-7,9H,8H2,1-4H3;1H3. The van der Waals surface area contributed by atoms with Gasteiger partial charge in [-0.2, -0.15) is 0 Å². The molecule has 0 amide bonds. The molecule has 0 atom stereocenters. The predicted octanol–water partition coefficient (Wildman–Crippen LogP) is 2.76. The lowest BCUT2D eigenvalue weighted by Crippen LogP contribution is -2.16. The Morgan fingerprint density at radius 3 is 2.37 bits per heavy atom. The second kappa shape index (κ2) is 7.53. The second-order valence-electron chi connectivity index (χ2n) is 4.48. The summed E-state index contributed by atoms with van der Waals surface area (Å²) in [5, 5.41) is 0. The highest BCUT2D eigenvalue weighted by Gasteiger charge is 2.20. The van der Waals surface area contributed by atoms with Crippen molar-refractivity contribution in [1.82, 2.24) is 6.15 Å². The summed E-state index contributed by atoms with van der Waals surface area (Å²) in [6.45, 7) is 5.98. The van der Waals surface area contributed by atoms with E-state index in [1.807, 2.05) is 13.8 Å². The van der Waals surface area contributed by atoms with Gasteiger partial charge in [-0.3, -0.25) is 0 Å². The molecular weight excluding hydrogens is 246 g/mol. The Labute approximate surface area is 113 Å². The van der Waals surface area contributed by atoms with E-state index in [2.05, 4.69) is 4.74 Å². The molecule has 0 radical (unpaired) electrons. The normalized spacial score (nSPS) is 9.74. The molecule has 0 unspecified atom stereocenters. The Morgan fingerprint density at radius 2 is 1.84 bits per heavy atom. The number of methoxy groups -OCH3 is 1. The van der Waals surface area contributed by atoms with Gasteiger partial charge in [0.15, 0.2) is 0 Å². The SMILES string of the molecule is COC(=O)c1c(C)cccc1C(=O)OCC(C)C.N. The number of aryl methyl sites for hydroxylation is 1. The first-order valence-corrected chi connectivity index (χ1v) is 5.82. The van der Waals surface area contributed by atoms with E-state index in [1.54, 1.807) is 25.1 Å². The van der Waals surface area contributed by atoms with E-state index in [0.717, 1.165) is 0 Å². The van der Waals surface area contributed by atoms with Crippen molar-refractivity contribution < 1.29 is 19.1 Å². The lowest BCUT2D eigenvalue weighted by Gasteiger charge is -2.11. The molecule has 1 aromatic carbocycles. The Bertz CT molecular complexity index is 455. The van der Waals surface area contributed by atoms with Crippen molar-refractivity contribution in [3.8, 4) is 0 Å². The first-order chi connectivity index (χ1) is 8.47. The number of hydrogen-bond acceptors (Lipinski definition) is 5. The third-order valence-corrected chi connectivity index (χ3v) is 2.43. The summed E-state index contributed by atoms with van der Waals surface area (Å²) in [6.07, 6.45) is 0. The smallest absolute Gasteiger partial charge is 0.339 e. The van der Waals surface area contributed by atoms with Crippen LogP contribution in [0.15, 0.2) is 18.2 Å². The summed E-state index contributed by atoms with van der Waals surface area (Å²) in [5.41, 5.74) is 1.22. The quantitative estimate of drug-likeness (QED) is 0.847. The molecule has 0 saturated heterocycles. The van der Waals surface area contributed by atoms with E-state index in [4.69, 9.17) is 4.74 Å². The van der Waals surface area contributed by atoms with Crippen molar-refractivity contribution in [3.63, 3.8) is 0 Å². The maximum atomic E-state index is 11.9. The highest BCUT2D eigenvalue weighted by atomic mass is 16.5. The summed E-state index contributed by atoms with van der Waals surface area (Å²) in [5.74, 6) is -0.766. The highest BCUT2D eigenvalue weighted by Crippen LogP contribution is 2.17. The maximum absolute atomic E-state index is 11.9. The van der Waals surface area contributed by atoms with Crippen LogP contribution >= 0.6 is 0 Å². The predicted molar refractivity (Wildman–Crippen MR) is 72.7 cm³/mol. The van der Waals surface area contributed by atoms with E-state index >= 15 is 0 Å². The Hall–Kier alpha value is -1.88. The Balaban J connectivity index is 0.00000324. The van der Waals surface area contributed by atoms with Gasteiger partial charge in [0.25, 0.3) is 0 Å². The van der Waals surface area contributed by atoms with E-state index in [0.29, 0.717) is 12.2 Å². The van der Waals surface area contributed by atoms with Crippen LogP contribution in [-0.2, 0) is 9.47 Å².